The third-order valence-corrected chi connectivity index (χ3v) is 3.06. The van der Waals surface area contributed by atoms with Crippen LogP contribution >= 0.6 is 15.9 Å². The van der Waals surface area contributed by atoms with Gasteiger partial charge in [0.25, 0.3) is 5.89 Å². The predicted octanol–water partition coefficient (Wildman–Crippen LogP) is 3.20. The number of nitrogens with two attached hydrogens (primary N) is 1. The highest BCUT2D eigenvalue weighted by Gasteiger charge is 2.21. The Balaban J connectivity index is 2.24. The van der Waals surface area contributed by atoms with E-state index in [1.807, 2.05) is 13.8 Å². The van der Waals surface area contributed by atoms with Crippen molar-refractivity contribution >= 4 is 15.9 Å². The quantitative estimate of drug-likeness (QED) is 0.884. The summed E-state index contributed by atoms with van der Waals surface area (Å²) in [4.78, 5) is 3.93. The van der Waals surface area contributed by atoms with E-state index in [1.165, 1.54) is 0 Å². The summed E-state index contributed by atoms with van der Waals surface area (Å²) >= 11 is 3.00. The molecule has 0 aliphatic rings. The number of hydrogen-bond donors (Lipinski definition) is 1. The van der Waals surface area contributed by atoms with Gasteiger partial charge in [-0.15, -0.1) is 0 Å². The molecule has 0 saturated carbocycles. The Hall–Kier alpha value is -1.38. The lowest BCUT2D eigenvalue weighted by Gasteiger charge is -2.10. The van der Waals surface area contributed by atoms with Crippen LogP contribution in [-0.4, -0.2) is 22.9 Å². The number of nitrogens with zero attached hydrogens (tertiary/aromatic N) is 2. The molecule has 0 aliphatic heterocycles. The van der Waals surface area contributed by atoms with Crippen LogP contribution in [0.4, 0.5) is 8.78 Å². The number of halogens is 3. The van der Waals surface area contributed by atoms with Gasteiger partial charge in [0.15, 0.2) is 5.82 Å². The third kappa shape index (κ3) is 3.84. The van der Waals surface area contributed by atoms with Crippen molar-refractivity contribution in [3.63, 3.8) is 0 Å². The zero-order chi connectivity index (χ0) is 15.6. The van der Waals surface area contributed by atoms with Crippen LogP contribution in [0.1, 0.15) is 25.7 Å². The molecular weight excluding hydrogens is 348 g/mol. The molecule has 0 spiro atoms. The molecule has 0 bridgehead atoms. The maximum Gasteiger partial charge on any atom is 0.263 e. The SMILES string of the molecule is CC(C)OCC(N)c1noc(-c2c(F)cc(Br)cc2F)n1. The average Bonchev–Trinajstić information content (AvgIpc) is 2.84. The largest absolute Gasteiger partial charge is 0.377 e. The van der Waals surface area contributed by atoms with Gasteiger partial charge < -0.3 is 15.0 Å². The summed E-state index contributed by atoms with van der Waals surface area (Å²) in [7, 11) is 0. The fourth-order valence-corrected chi connectivity index (χ4v) is 2.01. The fraction of sp³-hybridized carbons (Fsp3) is 0.385. The van der Waals surface area contributed by atoms with Gasteiger partial charge in [-0.2, -0.15) is 4.98 Å². The fourth-order valence-electron chi connectivity index (χ4n) is 1.60. The monoisotopic (exact) mass is 361 g/mol. The van der Waals surface area contributed by atoms with Gasteiger partial charge in [0.05, 0.1) is 18.8 Å². The van der Waals surface area contributed by atoms with Crippen molar-refractivity contribution in [1.82, 2.24) is 10.1 Å². The van der Waals surface area contributed by atoms with Crippen LogP contribution in [0.2, 0.25) is 0 Å². The van der Waals surface area contributed by atoms with Crippen LogP contribution in [0, 0.1) is 11.6 Å². The van der Waals surface area contributed by atoms with E-state index in [2.05, 4.69) is 26.1 Å². The van der Waals surface area contributed by atoms with Gasteiger partial charge in [0, 0.05) is 4.47 Å². The van der Waals surface area contributed by atoms with Crippen LogP contribution in [0.25, 0.3) is 11.5 Å². The van der Waals surface area contributed by atoms with Gasteiger partial charge in [0.2, 0.25) is 0 Å². The Bertz CT molecular complexity index is 611. The van der Waals surface area contributed by atoms with E-state index in [4.69, 9.17) is 15.0 Å². The lowest BCUT2D eigenvalue weighted by Crippen LogP contribution is -2.20. The molecule has 2 rings (SSSR count). The van der Waals surface area contributed by atoms with E-state index in [-0.39, 0.29) is 34.5 Å². The predicted molar refractivity (Wildman–Crippen MR) is 75.4 cm³/mol. The number of rotatable bonds is 5. The van der Waals surface area contributed by atoms with Crippen LogP contribution in [0.5, 0.6) is 0 Å². The van der Waals surface area contributed by atoms with Crippen LogP contribution in [0.3, 0.4) is 0 Å². The van der Waals surface area contributed by atoms with E-state index < -0.39 is 17.7 Å². The topological polar surface area (TPSA) is 74.2 Å². The minimum Gasteiger partial charge on any atom is -0.377 e. The van der Waals surface area contributed by atoms with E-state index in [0.29, 0.717) is 0 Å². The van der Waals surface area contributed by atoms with Gasteiger partial charge in [-0.25, -0.2) is 8.78 Å². The van der Waals surface area contributed by atoms with Crippen molar-refractivity contribution in [2.75, 3.05) is 6.61 Å². The summed E-state index contributed by atoms with van der Waals surface area (Å²) < 4.78 is 38.1. The molecule has 0 saturated heterocycles. The minimum absolute atomic E-state index is 0.00350. The van der Waals surface area contributed by atoms with Crippen molar-refractivity contribution in [3.8, 4) is 11.5 Å². The Morgan fingerprint density at radius 2 is 1.95 bits per heavy atom. The summed E-state index contributed by atoms with van der Waals surface area (Å²) in [6, 6.07) is 1.60. The van der Waals surface area contributed by atoms with Crippen molar-refractivity contribution in [2.24, 2.45) is 5.73 Å². The summed E-state index contributed by atoms with van der Waals surface area (Å²) in [5.41, 5.74) is 5.45. The second-order valence-corrected chi connectivity index (χ2v) is 5.61. The third-order valence-electron chi connectivity index (χ3n) is 2.60. The molecule has 5 nitrogen and oxygen atoms in total. The number of hydrogen-bond acceptors (Lipinski definition) is 5. The maximum atomic E-state index is 13.8. The van der Waals surface area contributed by atoms with Gasteiger partial charge in [-0.1, -0.05) is 21.1 Å². The maximum absolute atomic E-state index is 13.8. The number of ether oxygens (including phenoxy) is 1. The molecule has 0 amide bonds. The summed E-state index contributed by atoms with van der Waals surface area (Å²) in [5, 5.41) is 3.64. The number of aromatic nitrogens is 2. The highest BCUT2D eigenvalue weighted by atomic mass is 79.9. The molecule has 0 fully saturated rings. The lowest BCUT2D eigenvalue weighted by atomic mass is 10.2. The molecule has 0 aliphatic carbocycles. The smallest absolute Gasteiger partial charge is 0.263 e. The van der Waals surface area contributed by atoms with Gasteiger partial charge in [-0.05, 0) is 26.0 Å². The molecule has 1 unspecified atom stereocenters. The van der Waals surface area contributed by atoms with Gasteiger partial charge >= 0.3 is 0 Å². The summed E-state index contributed by atoms with van der Waals surface area (Å²) in [5.74, 6) is -1.73. The first kappa shape index (κ1) is 16.0. The van der Waals surface area contributed by atoms with Crippen molar-refractivity contribution in [2.45, 2.75) is 26.0 Å². The van der Waals surface area contributed by atoms with Gasteiger partial charge in [0.1, 0.15) is 17.2 Å². The molecule has 1 heterocycles. The normalized spacial score (nSPS) is 12.9. The van der Waals surface area contributed by atoms with Gasteiger partial charge in [-0.3, -0.25) is 0 Å². The van der Waals surface area contributed by atoms with Crippen LogP contribution in [-0.2, 0) is 4.74 Å². The molecule has 114 valence electrons. The molecular formula is C13H14BrF2N3O2. The first-order valence-corrected chi connectivity index (χ1v) is 7.03. The molecule has 8 heteroatoms. The molecule has 21 heavy (non-hydrogen) atoms. The van der Waals surface area contributed by atoms with Crippen molar-refractivity contribution < 1.29 is 18.0 Å². The average molecular weight is 362 g/mol. The Labute approximate surface area is 128 Å². The highest BCUT2D eigenvalue weighted by molar-refractivity contribution is 9.10. The van der Waals surface area contributed by atoms with Crippen LogP contribution in [0.15, 0.2) is 21.1 Å². The molecule has 1 atom stereocenters. The molecule has 0 radical (unpaired) electrons. The zero-order valence-electron chi connectivity index (χ0n) is 11.4. The van der Waals surface area contributed by atoms with E-state index in [0.717, 1.165) is 12.1 Å². The number of benzene rings is 1. The highest BCUT2D eigenvalue weighted by Crippen LogP contribution is 2.28. The Kier molecular flexibility index (Phi) is 5.02. The standard InChI is InChI=1S/C13H14BrF2N3O2/c1-6(2)20-5-10(17)12-18-13(21-19-12)11-8(15)3-7(14)4-9(11)16/h3-4,6,10H,5,17H2,1-2H3. The summed E-state index contributed by atoms with van der Waals surface area (Å²) in [6.45, 7) is 3.91. The Morgan fingerprint density at radius 3 is 2.52 bits per heavy atom. The van der Waals surface area contributed by atoms with Crippen molar-refractivity contribution in [3.05, 3.63) is 34.1 Å². The summed E-state index contributed by atoms with van der Waals surface area (Å²) in [6.07, 6.45) is 0.00350. The molecule has 2 N–H and O–H groups in total. The molecule has 1 aromatic carbocycles. The Morgan fingerprint density at radius 1 is 1.33 bits per heavy atom. The second-order valence-electron chi connectivity index (χ2n) is 4.69. The first-order chi connectivity index (χ1) is 9.88. The molecule has 2 aromatic rings. The zero-order valence-corrected chi connectivity index (χ0v) is 13.0. The van der Waals surface area contributed by atoms with Crippen molar-refractivity contribution in [1.29, 1.82) is 0 Å². The molecule has 1 aromatic heterocycles. The van der Waals surface area contributed by atoms with Crippen LogP contribution < -0.4 is 5.73 Å². The lowest BCUT2D eigenvalue weighted by molar-refractivity contribution is 0.0665. The van der Waals surface area contributed by atoms with E-state index in [9.17, 15) is 8.78 Å². The first-order valence-electron chi connectivity index (χ1n) is 6.24. The van der Waals surface area contributed by atoms with E-state index >= 15 is 0 Å². The second kappa shape index (κ2) is 6.59. The minimum atomic E-state index is -0.802. The van der Waals surface area contributed by atoms with E-state index in [1.54, 1.807) is 0 Å².